The van der Waals surface area contributed by atoms with E-state index in [-0.39, 0.29) is 6.10 Å². The lowest BCUT2D eigenvalue weighted by atomic mass is 10.1. The molecule has 4 heteroatoms. The predicted octanol–water partition coefficient (Wildman–Crippen LogP) is 1.59. The molecule has 1 unspecified atom stereocenters. The summed E-state index contributed by atoms with van der Waals surface area (Å²) in [5, 5.41) is 3.34. The van der Waals surface area contributed by atoms with Crippen LogP contribution in [0.5, 0.6) is 17.2 Å². The van der Waals surface area contributed by atoms with Gasteiger partial charge in [-0.25, -0.2) is 0 Å². The van der Waals surface area contributed by atoms with Gasteiger partial charge in [-0.2, -0.15) is 0 Å². The first-order chi connectivity index (χ1) is 8.42. The Morgan fingerprint density at radius 1 is 1.18 bits per heavy atom. The summed E-state index contributed by atoms with van der Waals surface area (Å²) < 4.78 is 16.9. The zero-order chi connectivity index (χ0) is 11.5. The predicted molar refractivity (Wildman–Crippen MR) is 64.0 cm³/mol. The zero-order valence-corrected chi connectivity index (χ0v) is 9.78. The Morgan fingerprint density at radius 2 is 2.06 bits per heavy atom. The fourth-order valence-electron chi connectivity index (χ4n) is 2.21. The maximum atomic E-state index is 5.92. The van der Waals surface area contributed by atoms with Crippen LogP contribution in [0.3, 0.4) is 0 Å². The minimum Gasteiger partial charge on any atom is -0.489 e. The second-order valence-electron chi connectivity index (χ2n) is 4.39. The number of hydrogen-bond acceptors (Lipinski definition) is 4. The molecule has 0 saturated carbocycles. The smallest absolute Gasteiger partial charge is 0.165 e. The highest BCUT2D eigenvalue weighted by molar-refractivity contribution is 5.46. The first-order valence-corrected chi connectivity index (χ1v) is 6.19. The van der Waals surface area contributed by atoms with Crippen LogP contribution in [0.4, 0.5) is 0 Å². The highest BCUT2D eigenvalue weighted by Gasteiger charge is 2.17. The fourth-order valence-corrected chi connectivity index (χ4v) is 2.21. The molecule has 4 nitrogen and oxygen atoms in total. The van der Waals surface area contributed by atoms with Crippen LogP contribution >= 0.6 is 0 Å². The Bertz CT molecular complexity index is 388. The van der Waals surface area contributed by atoms with Gasteiger partial charge in [0.25, 0.3) is 0 Å². The molecule has 0 aliphatic carbocycles. The van der Waals surface area contributed by atoms with Gasteiger partial charge in [0.2, 0.25) is 0 Å². The van der Waals surface area contributed by atoms with E-state index in [0.29, 0.717) is 13.2 Å². The number of piperidine rings is 1. The van der Waals surface area contributed by atoms with Crippen molar-refractivity contribution in [2.45, 2.75) is 18.9 Å². The Balaban J connectivity index is 1.70. The number of ether oxygens (including phenoxy) is 3. The van der Waals surface area contributed by atoms with E-state index in [9.17, 15) is 0 Å². The molecule has 1 aromatic carbocycles. The molecule has 1 aromatic rings. The summed E-state index contributed by atoms with van der Waals surface area (Å²) in [6.45, 7) is 3.26. The third-order valence-corrected chi connectivity index (χ3v) is 3.07. The summed E-state index contributed by atoms with van der Waals surface area (Å²) in [5.41, 5.74) is 0. The molecule has 2 aliphatic heterocycles. The third-order valence-electron chi connectivity index (χ3n) is 3.07. The van der Waals surface area contributed by atoms with Gasteiger partial charge in [0, 0.05) is 12.6 Å². The van der Waals surface area contributed by atoms with Crippen molar-refractivity contribution in [1.29, 1.82) is 0 Å². The second kappa shape index (κ2) is 4.84. The van der Waals surface area contributed by atoms with E-state index in [1.54, 1.807) is 0 Å². The average molecular weight is 235 g/mol. The topological polar surface area (TPSA) is 39.7 Å². The number of nitrogens with one attached hydrogen (secondary N) is 1. The molecule has 2 heterocycles. The van der Waals surface area contributed by atoms with Crippen LogP contribution in [0, 0.1) is 0 Å². The van der Waals surface area contributed by atoms with E-state index in [1.807, 2.05) is 18.2 Å². The van der Waals surface area contributed by atoms with Crippen LogP contribution in [0.25, 0.3) is 0 Å². The first kappa shape index (κ1) is 10.7. The molecule has 0 bridgehead atoms. The fraction of sp³-hybridized carbons (Fsp3) is 0.538. The summed E-state index contributed by atoms with van der Waals surface area (Å²) in [4.78, 5) is 0. The monoisotopic (exact) mass is 235 g/mol. The van der Waals surface area contributed by atoms with E-state index in [0.717, 1.165) is 36.8 Å². The molecule has 0 radical (unpaired) electrons. The standard InChI is InChI=1S/C13H17NO3/c1-2-11(9-14-5-1)17-10-3-4-12-13(8-10)16-7-6-15-12/h3-4,8,11,14H,1-2,5-7,9H2. The van der Waals surface area contributed by atoms with Crippen molar-refractivity contribution in [1.82, 2.24) is 5.32 Å². The summed E-state index contributed by atoms with van der Waals surface area (Å²) >= 11 is 0. The summed E-state index contributed by atoms with van der Waals surface area (Å²) in [6.07, 6.45) is 2.56. The maximum Gasteiger partial charge on any atom is 0.165 e. The van der Waals surface area contributed by atoms with Crippen molar-refractivity contribution < 1.29 is 14.2 Å². The van der Waals surface area contributed by atoms with Crippen LogP contribution in [-0.2, 0) is 0 Å². The Hall–Kier alpha value is -1.42. The van der Waals surface area contributed by atoms with Gasteiger partial charge >= 0.3 is 0 Å². The van der Waals surface area contributed by atoms with E-state index in [4.69, 9.17) is 14.2 Å². The van der Waals surface area contributed by atoms with Gasteiger partial charge in [0.1, 0.15) is 25.1 Å². The van der Waals surface area contributed by atoms with Crippen LogP contribution in [0.2, 0.25) is 0 Å². The molecule has 3 rings (SSSR count). The van der Waals surface area contributed by atoms with Crippen molar-refractivity contribution in [3.8, 4) is 17.2 Å². The number of benzene rings is 1. The molecule has 17 heavy (non-hydrogen) atoms. The number of hydrogen-bond donors (Lipinski definition) is 1. The van der Waals surface area contributed by atoms with Crippen molar-refractivity contribution in [2.24, 2.45) is 0 Å². The minimum absolute atomic E-state index is 0.270. The van der Waals surface area contributed by atoms with Crippen LogP contribution < -0.4 is 19.5 Å². The lowest BCUT2D eigenvalue weighted by molar-refractivity contribution is 0.157. The van der Waals surface area contributed by atoms with E-state index in [2.05, 4.69) is 5.32 Å². The molecule has 1 fully saturated rings. The maximum absolute atomic E-state index is 5.92. The van der Waals surface area contributed by atoms with Gasteiger partial charge in [0.15, 0.2) is 11.5 Å². The van der Waals surface area contributed by atoms with Crippen molar-refractivity contribution >= 4 is 0 Å². The van der Waals surface area contributed by atoms with Crippen LogP contribution in [0.1, 0.15) is 12.8 Å². The molecule has 1 atom stereocenters. The molecular weight excluding hydrogens is 218 g/mol. The SMILES string of the molecule is c1cc2c(cc1OC1CCCNC1)OCCO2. The molecular formula is C13H17NO3. The van der Waals surface area contributed by atoms with Gasteiger partial charge in [-0.3, -0.25) is 0 Å². The third kappa shape index (κ3) is 2.47. The largest absolute Gasteiger partial charge is 0.489 e. The summed E-state index contributed by atoms with van der Waals surface area (Å²) in [5.74, 6) is 2.46. The van der Waals surface area contributed by atoms with E-state index >= 15 is 0 Å². The Labute approximate surface area is 101 Å². The second-order valence-corrected chi connectivity index (χ2v) is 4.39. The van der Waals surface area contributed by atoms with E-state index in [1.165, 1.54) is 6.42 Å². The summed E-state index contributed by atoms with van der Waals surface area (Å²) in [6, 6.07) is 5.78. The molecule has 0 aromatic heterocycles. The molecule has 92 valence electrons. The quantitative estimate of drug-likeness (QED) is 0.845. The Morgan fingerprint density at radius 3 is 2.88 bits per heavy atom. The zero-order valence-electron chi connectivity index (χ0n) is 9.78. The van der Waals surface area contributed by atoms with Gasteiger partial charge in [-0.1, -0.05) is 0 Å². The lowest BCUT2D eigenvalue weighted by Gasteiger charge is -2.25. The van der Waals surface area contributed by atoms with Crippen LogP contribution in [0.15, 0.2) is 18.2 Å². The molecule has 1 N–H and O–H groups in total. The Kier molecular flexibility index (Phi) is 3.05. The molecule has 2 aliphatic rings. The molecule has 1 saturated heterocycles. The van der Waals surface area contributed by atoms with Crippen molar-refractivity contribution in [3.05, 3.63) is 18.2 Å². The highest BCUT2D eigenvalue weighted by atomic mass is 16.6. The summed E-state index contributed by atoms with van der Waals surface area (Å²) in [7, 11) is 0. The van der Waals surface area contributed by atoms with Crippen molar-refractivity contribution in [2.75, 3.05) is 26.3 Å². The minimum atomic E-state index is 0.270. The highest BCUT2D eigenvalue weighted by Crippen LogP contribution is 2.34. The van der Waals surface area contributed by atoms with Crippen molar-refractivity contribution in [3.63, 3.8) is 0 Å². The first-order valence-electron chi connectivity index (χ1n) is 6.19. The number of fused-ring (bicyclic) bond motifs is 1. The normalized spacial score (nSPS) is 23.2. The van der Waals surface area contributed by atoms with Gasteiger partial charge < -0.3 is 19.5 Å². The number of rotatable bonds is 2. The van der Waals surface area contributed by atoms with E-state index < -0.39 is 0 Å². The van der Waals surface area contributed by atoms with Gasteiger partial charge in [0.05, 0.1) is 0 Å². The van der Waals surface area contributed by atoms with Gasteiger partial charge in [-0.15, -0.1) is 0 Å². The van der Waals surface area contributed by atoms with Crippen LogP contribution in [-0.4, -0.2) is 32.4 Å². The average Bonchev–Trinajstić information content (AvgIpc) is 2.40. The molecule has 0 spiro atoms. The van der Waals surface area contributed by atoms with Gasteiger partial charge in [-0.05, 0) is 31.5 Å². The molecule has 0 amide bonds. The lowest BCUT2D eigenvalue weighted by Crippen LogP contribution is -2.37.